The summed E-state index contributed by atoms with van der Waals surface area (Å²) in [5.41, 5.74) is 5.30. The number of benzene rings is 1. The van der Waals surface area contributed by atoms with Crippen LogP contribution in [0.5, 0.6) is 5.75 Å². The molecule has 1 unspecified atom stereocenters. The minimum atomic E-state index is -1.02. The van der Waals surface area contributed by atoms with E-state index in [1.54, 1.807) is 6.92 Å². The number of nitrogens with two attached hydrogens (primary N) is 1. The number of rotatable bonds is 6. The van der Waals surface area contributed by atoms with Gasteiger partial charge < -0.3 is 20.7 Å². The molecule has 0 aliphatic carbocycles. The first-order valence-electron chi connectivity index (χ1n) is 5.33. The molecule has 0 aromatic heterocycles. The van der Waals surface area contributed by atoms with E-state index in [0.717, 1.165) is 5.56 Å². The average molecular weight is 225 g/mol. The molecule has 0 saturated heterocycles. The Morgan fingerprint density at radius 2 is 2.06 bits per heavy atom. The van der Waals surface area contributed by atoms with Gasteiger partial charge in [-0.1, -0.05) is 18.2 Å². The van der Waals surface area contributed by atoms with E-state index in [4.69, 9.17) is 15.6 Å². The molecule has 1 rings (SSSR count). The van der Waals surface area contributed by atoms with E-state index in [2.05, 4.69) is 0 Å². The number of hydrogen-bond donors (Lipinski definition) is 3. The van der Waals surface area contributed by atoms with Crippen LogP contribution in [0.4, 0.5) is 0 Å². The summed E-state index contributed by atoms with van der Waals surface area (Å²) in [5, 5.41) is 18.6. The number of hydrogen-bond acceptors (Lipinski definition) is 4. The SMILES string of the molecule is CC(O)(CN)COc1ccccc1CCO. The Morgan fingerprint density at radius 1 is 1.38 bits per heavy atom. The van der Waals surface area contributed by atoms with E-state index in [0.29, 0.717) is 12.2 Å². The lowest BCUT2D eigenvalue weighted by molar-refractivity contribution is 0.0192. The van der Waals surface area contributed by atoms with Crippen molar-refractivity contribution in [1.29, 1.82) is 0 Å². The lowest BCUT2D eigenvalue weighted by Crippen LogP contribution is -2.40. The van der Waals surface area contributed by atoms with Crippen molar-refractivity contribution in [2.75, 3.05) is 19.8 Å². The maximum absolute atomic E-state index is 9.71. The lowest BCUT2D eigenvalue weighted by atomic mass is 10.1. The second-order valence-electron chi connectivity index (χ2n) is 4.07. The van der Waals surface area contributed by atoms with Crippen molar-refractivity contribution in [2.24, 2.45) is 5.73 Å². The zero-order valence-corrected chi connectivity index (χ0v) is 9.52. The van der Waals surface area contributed by atoms with E-state index in [1.165, 1.54) is 0 Å². The Balaban J connectivity index is 2.66. The quantitative estimate of drug-likeness (QED) is 0.651. The minimum Gasteiger partial charge on any atom is -0.490 e. The maximum Gasteiger partial charge on any atom is 0.122 e. The van der Waals surface area contributed by atoms with Crippen LogP contribution in [0, 0.1) is 0 Å². The molecule has 16 heavy (non-hydrogen) atoms. The summed E-state index contributed by atoms with van der Waals surface area (Å²) < 4.78 is 5.50. The molecule has 0 bridgehead atoms. The van der Waals surface area contributed by atoms with Crippen molar-refractivity contribution in [3.63, 3.8) is 0 Å². The van der Waals surface area contributed by atoms with Gasteiger partial charge >= 0.3 is 0 Å². The van der Waals surface area contributed by atoms with E-state index >= 15 is 0 Å². The molecule has 1 atom stereocenters. The summed E-state index contributed by atoms with van der Waals surface area (Å²) in [5.74, 6) is 0.685. The van der Waals surface area contributed by atoms with Gasteiger partial charge in [-0.15, -0.1) is 0 Å². The number of aliphatic hydroxyl groups is 2. The smallest absolute Gasteiger partial charge is 0.122 e. The third-order valence-corrected chi connectivity index (χ3v) is 2.33. The first-order valence-corrected chi connectivity index (χ1v) is 5.33. The van der Waals surface area contributed by atoms with Gasteiger partial charge in [0.2, 0.25) is 0 Å². The van der Waals surface area contributed by atoms with Crippen molar-refractivity contribution < 1.29 is 14.9 Å². The average Bonchev–Trinajstić information content (AvgIpc) is 2.28. The van der Waals surface area contributed by atoms with Crippen molar-refractivity contribution in [3.8, 4) is 5.75 Å². The predicted octanol–water partition coefficient (Wildman–Crippen LogP) is 0.310. The fourth-order valence-electron chi connectivity index (χ4n) is 1.26. The predicted molar refractivity (Wildman–Crippen MR) is 62.4 cm³/mol. The van der Waals surface area contributed by atoms with Crippen LogP contribution >= 0.6 is 0 Å². The van der Waals surface area contributed by atoms with E-state index in [1.807, 2.05) is 24.3 Å². The summed E-state index contributed by atoms with van der Waals surface area (Å²) in [6, 6.07) is 7.45. The molecule has 4 heteroatoms. The molecule has 90 valence electrons. The highest BCUT2D eigenvalue weighted by atomic mass is 16.5. The van der Waals surface area contributed by atoms with Crippen LogP contribution in [0.15, 0.2) is 24.3 Å². The number of ether oxygens (including phenoxy) is 1. The third-order valence-electron chi connectivity index (χ3n) is 2.33. The molecule has 0 spiro atoms. The van der Waals surface area contributed by atoms with Gasteiger partial charge in [-0.05, 0) is 25.0 Å². The maximum atomic E-state index is 9.71. The Kier molecular flexibility index (Phi) is 4.73. The van der Waals surface area contributed by atoms with Gasteiger partial charge in [0.05, 0.1) is 0 Å². The molecule has 4 N–H and O–H groups in total. The molecule has 0 heterocycles. The van der Waals surface area contributed by atoms with Crippen molar-refractivity contribution in [3.05, 3.63) is 29.8 Å². The molecule has 1 aromatic rings. The zero-order chi connectivity index (χ0) is 12.0. The second-order valence-corrected chi connectivity index (χ2v) is 4.07. The largest absolute Gasteiger partial charge is 0.490 e. The van der Waals surface area contributed by atoms with Crippen LogP contribution in [0.25, 0.3) is 0 Å². The van der Waals surface area contributed by atoms with Crippen LogP contribution in [-0.4, -0.2) is 35.6 Å². The summed E-state index contributed by atoms with van der Waals surface area (Å²) >= 11 is 0. The van der Waals surface area contributed by atoms with Crippen molar-refractivity contribution in [1.82, 2.24) is 0 Å². The Labute approximate surface area is 95.7 Å². The number of para-hydroxylation sites is 1. The minimum absolute atomic E-state index is 0.0770. The first kappa shape index (κ1) is 13.0. The van der Waals surface area contributed by atoms with Gasteiger partial charge in [0.1, 0.15) is 18.0 Å². The van der Waals surface area contributed by atoms with Crippen LogP contribution in [0.1, 0.15) is 12.5 Å². The molecular weight excluding hydrogens is 206 g/mol. The fraction of sp³-hybridized carbons (Fsp3) is 0.500. The summed E-state index contributed by atoms with van der Waals surface area (Å²) in [4.78, 5) is 0. The molecule has 0 aliphatic heterocycles. The second kappa shape index (κ2) is 5.84. The number of aliphatic hydroxyl groups excluding tert-OH is 1. The Hall–Kier alpha value is -1.10. The molecule has 0 amide bonds. The van der Waals surface area contributed by atoms with Gasteiger partial charge in [-0.25, -0.2) is 0 Å². The van der Waals surface area contributed by atoms with Crippen LogP contribution in [-0.2, 0) is 6.42 Å². The monoisotopic (exact) mass is 225 g/mol. The fourth-order valence-corrected chi connectivity index (χ4v) is 1.26. The third kappa shape index (κ3) is 3.81. The van der Waals surface area contributed by atoms with Gasteiger partial charge in [-0.3, -0.25) is 0 Å². The van der Waals surface area contributed by atoms with Gasteiger partial charge in [0.15, 0.2) is 0 Å². The van der Waals surface area contributed by atoms with E-state index < -0.39 is 5.60 Å². The summed E-state index contributed by atoms with van der Waals surface area (Å²) in [6.45, 7) is 2.00. The standard InChI is InChI=1S/C12H19NO3/c1-12(15,8-13)9-16-11-5-3-2-4-10(11)6-7-14/h2-5,14-15H,6-9,13H2,1H3. The van der Waals surface area contributed by atoms with Crippen molar-refractivity contribution >= 4 is 0 Å². The molecular formula is C12H19NO3. The van der Waals surface area contributed by atoms with Crippen molar-refractivity contribution in [2.45, 2.75) is 18.9 Å². The zero-order valence-electron chi connectivity index (χ0n) is 9.52. The highest BCUT2D eigenvalue weighted by Gasteiger charge is 2.19. The molecule has 0 aliphatic rings. The topological polar surface area (TPSA) is 75.7 Å². The molecule has 0 saturated carbocycles. The molecule has 4 nitrogen and oxygen atoms in total. The van der Waals surface area contributed by atoms with E-state index in [9.17, 15) is 5.11 Å². The van der Waals surface area contributed by atoms with Gasteiger partial charge in [-0.2, -0.15) is 0 Å². The lowest BCUT2D eigenvalue weighted by Gasteiger charge is -2.22. The summed E-state index contributed by atoms with van der Waals surface area (Å²) in [7, 11) is 0. The summed E-state index contributed by atoms with van der Waals surface area (Å²) in [6.07, 6.45) is 0.543. The van der Waals surface area contributed by atoms with E-state index in [-0.39, 0.29) is 19.8 Å². The Morgan fingerprint density at radius 3 is 2.69 bits per heavy atom. The molecule has 1 aromatic carbocycles. The van der Waals surface area contributed by atoms with Crippen LogP contribution < -0.4 is 10.5 Å². The molecule has 0 fully saturated rings. The van der Waals surface area contributed by atoms with Crippen LogP contribution in [0.3, 0.4) is 0 Å². The highest BCUT2D eigenvalue weighted by Crippen LogP contribution is 2.19. The Bertz CT molecular complexity index is 326. The highest BCUT2D eigenvalue weighted by molar-refractivity contribution is 5.33. The van der Waals surface area contributed by atoms with Gasteiger partial charge in [0.25, 0.3) is 0 Å². The van der Waals surface area contributed by atoms with Gasteiger partial charge in [0, 0.05) is 13.2 Å². The normalized spacial score (nSPS) is 14.5. The molecule has 0 radical (unpaired) electrons. The van der Waals surface area contributed by atoms with Crippen LogP contribution in [0.2, 0.25) is 0 Å². The first-order chi connectivity index (χ1) is 7.59.